The fourth-order valence-corrected chi connectivity index (χ4v) is 3.44. The third-order valence-electron chi connectivity index (χ3n) is 4.32. The lowest BCUT2D eigenvalue weighted by Gasteiger charge is -2.24. The van der Waals surface area contributed by atoms with Gasteiger partial charge < -0.3 is 24.4 Å². The highest BCUT2D eigenvalue weighted by Gasteiger charge is 2.33. The van der Waals surface area contributed by atoms with Crippen LogP contribution in [0.5, 0.6) is 0 Å². The van der Waals surface area contributed by atoms with E-state index in [1.54, 1.807) is 12.0 Å². The quantitative estimate of drug-likeness (QED) is 0.366. The monoisotopic (exact) mass is 392 g/mol. The second kappa shape index (κ2) is 12.4. The molecule has 8 nitrogen and oxygen atoms in total. The third kappa shape index (κ3) is 9.67. The summed E-state index contributed by atoms with van der Waals surface area (Å²) in [5, 5.41) is 2.91. The Balaban J connectivity index is 2.23. The number of nitrogens with zero attached hydrogens (tertiary/aromatic N) is 1. The summed E-state index contributed by atoms with van der Waals surface area (Å²) in [5.74, 6) is -0.0606. The molecule has 1 fully saturated rings. The van der Waals surface area contributed by atoms with Crippen molar-refractivity contribution in [2.45, 2.75) is 57.4 Å². The van der Waals surface area contributed by atoms with Gasteiger partial charge in [0.2, 0.25) is 11.8 Å². The molecule has 2 atom stereocenters. The number of carbonyl (C=O) groups excluding carboxylic acids is 2. The fraction of sp³-hybridized carbons (Fsp3) is 0.882. The Morgan fingerprint density at radius 3 is 2.62 bits per heavy atom. The second-order valence-electron chi connectivity index (χ2n) is 6.68. The van der Waals surface area contributed by atoms with Crippen molar-refractivity contribution in [3.8, 4) is 0 Å². The summed E-state index contributed by atoms with van der Waals surface area (Å²) in [5.41, 5.74) is 0. The number of nitrogens with one attached hydrogen (secondary N) is 1. The largest absolute Gasteiger partial charge is 0.385 e. The van der Waals surface area contributed by atoms with Gasteiger partial charge in [0.25, 0.3) is 0 Å². The van der Waals surface area contributed by atoms with Crippen molar-refractivity contribution < 1.29 is 28.3 Å². The molecule has 0 aromatic heterocycles. The first-order chi connectivity index (χ1) is 12.3. The first kappa shape index (κ1) is 23.1. The van der Waals surface area contributed by atoms with E-state index in [4.69, 9.17) is 14.2 Å². The van der Waals surface area contributed by atoms with Crippen molar-refractivity contribution in [2.24, 2.45) is 0 Å². The number of hydrogen-bond donors (Lipinski definition) is 2. The molecule has 0 bridgehead atoms. The highest BCUT2D eigenvalue weighted by atomic mass is 31.2. The zero-order chi connectivity index (χ0) is 19.4. The van der Waals surface area contributed by atoms with Gasteiger partial charge in [-0.3, -0.25) is 14.2 Å². The fourth-order valence-electron chi connectivity index (χ4n) is 2.97. The lowest BCUT2D eigenvalue weighted by Crippen LogP contribution is -2.46. The molecule has 1 heterocycles. The zero-order valence-electron chi connectivity index (χ0n) is 15.9. The molecule has 1 saturated heterocycles. The predicted molar refractivity (Wildman–Crippen MR) is 99.0 cm³/mol. The Bertz CT molecular complexity index is 482. The molecule has 26 heavy (non-hydrogen) atoms. The van der Waals surface area contributed by atoms with Crippen LogP contribution < -0.4 is 5.32 Å². The van der Waals surface area contributed by atoms with Crippen LogP contribution in [0.25, 0.3) is 0 Å². The maximum atomic E-state index is 12.4. The van der Waals surface area contributed by atoms with E-state index in [-0.39, 0.29) is 24.5 Å². The molecule has 0 radical (unpaired) electrons. The van der Waals surface area contributed by atoms with Gasteiger partial charge in [-0.1, -0.05) is 6.42 Å². The lowest BCUT2D eigenvalue weighted by atomic mass is 10.1. The van der Waals surface area contributed by atoms with Crippen LogP contribution in [0.1, 0.15) is 51.4 Å². The molecule has 2 N–H and O–H groups in total. The van der Waals surface area contributed by atoms with Crippen molar-refractivity contribution in [3.63, 3.8) is 0 Å². The SMILES string of the molecule is COCCCCNC(=O)[C@@H]1CCCN1C(=O)CCCCCOP(C)(=O)O. The van der Waals surface area contributed by atoms with Gasteiger partial charge in [-0.2, -0.15) is 0 Å². The molecular formula is C17H33N2O6P. The van der Waals surface area contributed by atoms with E-state index < -0.39 is 7.60 Å². The predicted octanol–water partition coefficient (Wildman–Crippen LogP) is 1.91. The first-order valence-corrected chi connectivity index (χ1v) is 11.4. The summed E-state index contributed by atoms with van der Waals surface area (Å²) >= 11 is 0. The van der Waals surface area contributed by atoms with Crippen LogP contribution in [-0.2, 0) is 23.4 Å². The van der Waals surface area contributed by atoms with Gasteiger partial charge in [0.15, 0.2) is 0 Å². The first-order valence-electron chi connectivity index (χ1n) is 9.36. The van der Waals surface area contributed by atoms with Crippen molar-refractivity contribution >= 4 is 19.4 Å². The second-order valence-corrected chi connectivity index (χ2v) is 8.55. The Hall–Kier alpha value is -0.950. The standard InChI is InChI=1S/C17H33N2O6P/c1-24-13-7-5-11-18-17(21)15-9-8-12-19(15)16(20)10-4-3-6-14-25-26(2,22)23/h15H,3-14H2,1-2H3,(H,18,21)(H,22,23)/t15-/m0/s1. The Labute approximate surface area is 156 Å². The molecule has 0 spiro atoms. The maximum absolute atomic E-state index is 12.4. The normalized spacial score (nSPS) is 19.3. The van der Waals surface area contributed by atoms with Gasteiger partial charge in [-0.15, -0.1) is 0 Å². The van der Waals surface area contributed by atoms with Gasteiger partial charge in [-0.05, 0) is 38.5 Å². The van der Waals surface area contributed by atoms with Crippen molar-refractivity contribution in [3.05, 3.63) is 0 Å². The Kier molecular flexibility index (Phi) is 11.0. The van der Waals surface area contributed by atoms with E-state index in [0.29, 0.717) is 45.4 Å². The molecule has 1 aliphatic heterocycles. The smallest absolute Gasteiger partial charge is 0.325 e. The highest BCUT2D eigenvalue weighted by Crippen LogP contribution is 2.36. The number of ether oxygens (including phenoxy) is 1. The molecule has 1 rings (SSSR count). The van der Waals surface area contributed by atoms with Crippen molar-refractivity contribution in [1.29, 1.82) is 0 Å². The maximum Gasteiger partial charge on any atom is 0.325 e. The molecule has 2 amide bonds. The molecule has 0 saturated carbocycles. The van der Waals surface area contributed by atoms with Crippen LogP contribution in [0.4, 0.5) is 0 Å². The highest BCUT2D eigenvalue weighted by molar-refractivity contribution is 7.51. The van der Waals surface area contributed by atoms with Crippen molar-refractivity contribution in [2.75, 3.05) is 40.1 Å². The molecule has 1 aliphatic rings. The average molecular weight is 392 g/mol. The molecule has 1 unspecified atom stereocenters. The molecule has 9 heteroatoms. The number of rotatable bonds is 13. The van der Waals surface area contributed by atoms with Crippen LogP contribution in [0.3, 0.4) is 0 Å². The minimum absolute atomic E-state index is 0.00581. The van der Waals surface area contributed by atoms with Gasteiger partial charge in [-0.25, -0.2) is 0 Å². The summed E-state index contributed by atoms with van der Waals surface area (Å²) in [7, 11) is -1.76. The van der Waals surface area contributed by atoms with Crippen molar-refractivity contribution in [1.82, 2.24) is 10.2 Å². The third-order valence-corrected chi connectivity index (χ3v) is 4.98. The van der Waals surface area contributed by atoms with E-state index in [0.717, 1.165) is 32.3 Å². The van der Waals surface area contributed by atoms with Gasteiger partial charge in [0.1, 0.15) is 6.04 Å². The number of likely N-dealkylation sites (tertiary alicyclic amines) is 1. The van der Waals surface area contributed by atoms with Crippen LogP contribution in [0.15, 0.2) is 0 Å². The number of amides is 2. The van der Waals surface area contributed by atoms with Gasteiger partial charge in [0.05, 0.1) is 6.61 Å². The summed E-state index contributed by atoms with van der Waals surface area (Å²) in [6.45, 7) is 3.30. The molecule has 0 aromatic carbocycles. The lowest BCUT2D eigenvalue weighted by molar-refractivity contribution is -0.138. The molecule has 152 valence electrons. The van der Waals surface area contributed by atoms with Gasteiger partial charge >= 0.3 is 7.60 Å². The van der Waals surface area contributed by atoms with E-state index in [1.807, 2.05) is 0 Å². The Morgan fingerprint density at radius 1 is 1.19 bits per heavy atom. The number of carbonyl (C=O) groups is 2. The van der Waals surface area contributed by atoms with Crippen LogP contribution in [-0.4, -0.2) is 67.7 Å². The van der Waals surface area contributed by atoms with E-state index in [1.165, 1.54) is 0 Å². The van der Waals surface area contributed by atoms with E-state index >= 15 is 0 Å². The van der Waals surface area contributed by atoms with E-state index in [2.05, 4.69) is 5.32 Å². The minimum Gasteiger partial charge on any atom is -0.385 e. The van der Waals surface area contributed by atoms with Crippen LogP contribution in [0.2, 0.25) is 0 Å². The molecule has 0 aliphatic carbocycles. The molecular weight excluding hydrogens is 359 g/mol. The summed E-state index contributed by atoms with van der Waals surface area (Å²) in [6.07, 6.45) is 5.78. The average Bonchev–Trinajstić information content (AvgIpc) is 3.06. The van der Waals surface area contributed by atoms with Crippen LogP contribution in [0, 0.1) is 0 Å². The number of methoxy groups -OCH3 is 1. The van der Waals surface area contributed by atoms with E-state index in [9.17, 15) is 14.2 Å². The van der Waals surface area contributed by atoms with Gasteiger partial charge in [0, 0.05) is 39.9 Å². The molecule has 0 aromatic rings. The topological polar surface area (TPSA) is 105 Å². The Morgan fingerprint density at radius 2 is 1.92 bits per heavy atom. The number of hydrogen-bond acceptors (Lipinski definition) is 5. The minimum atomic E-state index is -3.41. The summed E-state index contributed by atoms with van der Waals surface area (Å²) in [4.78, 5) is 35.4. The summed E-state index contributed by atoms with van der Waals surface area (Å²) < 4.78 is 20.8. The zero-order valence-corrected chi connectivity index (χ0v) is 16.8. The number of unbranched alkanes of at least 4 members (excludes halogenated alkanes) is 3. The van der Waals surface area contributed by atoms with Crippen LogP contribution >= 0.6 is 7.60 Å². The summed E-state index contributed by atoms with van der Waals surface area (Å²) in [6, 6.07) is -0.353.